The van der Waals surface area contributed by atoms with E-state index in [2.05, 4.69) is 4.98 Å². The van der Waals surface area contributed by atoms with Gasteiger partial charge < -0.3 is 14.6 Å². The molecule has 4 heteroatoms. The van der Waals surface area contributed by atoms with E-state index in [4.69, 9.17) is 9.47 Å². The van der Waals surface area contributed by atoms with Crippen LogP contribution in [-0.2, 0) is 10.3 Å². The Morgan fingerprint density at radius 3 is 3.07 bits per heavy atom. The molecular weight excluding hydrogens is 182 g/mol. The van der Waals surface area contributed by atoms with Gasteiger partial charge in [-0.05, 0) is 6.07 Å². The third-order valence-corrected chi connectivity index (χ3v) is 2.49. The highest BCUT2D eigenvalue weighted by Crippen LogP contribution is 2.31. The van der Waals surface area contributed by atoms with Gasteiger partial charge in [0.25, 0.3) is 0 Å². The molecular formula is C10H13NO3. The number of rotatable bonds is 2. The molecule has 76 valence electrons. The molecule has 0 saturated carbocycles. The van der Waals surface area contributed by atoms with Crippen LogP contribution in [0.15, 0.2) is 18.5 Å². The Labute approximate surface area is 82.5 Å². The maximum Gasteiger partial charge on any atom is 0.137 e. The monoisotopic (exact) mass is 195 g/mol. The van der Waals surface area contributed by atoms with Gasteiger partial charge in [0.15, 0.2) is 0 Å². The molecule has 1 aliphatic heterocycles. The highest BCUT2D eigenvalue weighted by atomic mass is 16.5. The van der Waals surface area contributed by atoms with Crippen molar-refractivity contribution in [3.63, 3.8) is 0 Å². The van der Waals surface area contributed by atoms with Crippen LogP contribution in [-0.4, -0.2) is 30.4 Å². The van der Waals surface area contributed by atoms with Crippen molar-refractivity contribution >= 4 is 0 Å². The van der Waals surface area contributed by atoms with Crippen molar-refractivity contribution in [3.05, 3.63) is 24.0 Å². The zero-order valence-electron chi connectivity index (χ0n) is 8.06. The van der Waals surface area contributed by atoms with Crippen LogP contribution in [0.1, 0.15) is 12.0 Å². The molecule has 0 radical (unpaired) electrons. The van der Waals surface area contributed by atoms with E-state index in [0.717, 1.165) is 5.56 Å². The number of ether oxygens (including phenoxy) is 2. The molecule has 1 aromatic heterocycles. The van der Waals surface area contributed by atoms with Gasteiger partial charge in [-0.15, -0.1) is 0 Å². The van der Waals surface area contributed by atoms with Gasteiger partial charge in [-0.1, -0.05) is 0 Å². The summed E-state index contributed by atoms with van der Waals surface area (Å²) < 4.78 is 10.2. The average Bonchev–Trinajstić information content (AvgIpc) is 2.67. The fourth-order valence-corrected chi connectivity index (χ4v) is 1.57. The van der Waals surface area contributed by atoms with E-state index in [0.29, 0.717) is 25.4 Å². The lowest BCUT2D eigenvalue weighted by molar-refractivity contribution is 0.0227. The Morgan fingerprint density at radius 2 is 2.43 bits per heavy atom. The Morgan fingerprint density at radius 1 is 1.57 bits per heavy atom. The van der Waals surface area contributed by atoms with Gasteiger partial charge in [0.05, 0.1) is 19.9 Å². The second kappa shape index (κ2) is 3.55. The minimum absolute atomic E-state index is 0.335. The van der Waals surface area contributed by atoms with Gasteiger partial charge in [-0.25, -0.2) is 0 Å². The van der Waals surface area contributed by atoms with E-state index < -0.39 is 5.60 Å². The molecule has 1 N–H and O–H groups in total. The maximum absolute atomic E-state index is 10.2. The smallest absolute Gasteiger partial charge is 0.137 e. The molecule has 4 nitrogen and oxygen atoms in total. The van der Waals surface area contributed by atoms with E-state index in [-0.39, 0.29) is 0 Å². The molecule has 1 aliphatic rings. The number of aliphatic hydroxyl groups is 1. The summed E-state index contributed by atoms with van der Waals surface area (Å²) in [5.74, 6) is 0.655. The summed E-state index contributed by atoms with van der Waals surface area (Å²) in [6.07, 6.45) is 3.88. The first-order valence-corrected chi connectivity index (χ1v) is 4.54. The summed E-state index contributed by atoms with van der Waals surface area (Å²) in [5.41, 5.74) is -0.129. The standard InChI is InChI=1S/C10H13NO3/c1-13-9-4-8(5-11-6-9)10(12)2-3-14-7-10/h4-6,12H,2-3,7H2,1H3. The molecule has 1 unspecified atom stereocenters. The number of nitrogens with zero attached hydrogens (tertiary/aromatic N) is 1. The molecule has 2 heterocycles. The summed E-state index contributed by atoms with van der Waals surface area (Å²) in [7, 11) is 1.58. The molecule has 2 rings (SSSR count). The zero-order valence-corrected chi connectivity index (χ0v) is 8.06. The largest absolute Gasteiger partial charge is 0.495 e. The first-order valence-electron chi connectivity index (χ1n) is 4.54. The van der Waals surface area contributed by atoms with Crippen LogP contribution in [0.2, 0.25) is 0 Å². The second-order valence-corrected chi connectivity index (χ2v) is 3.45. The van der Waals surface area contributed by atoms with E-state index in [9.17, 15) is 5.11 Å². The second-order valence-electron chi connectivity index (χ2n) is 3.45. The molecule has 0 spiro atoms. The van der Waals surface area contributed by atoms with Crippen LogP contribution in [0.3, 0.4) is 0 Å². The summed E-state index contributed by atoms with van der Waals surface area (Å²) in [4.78, 5) is 4.00. The third kappa shape index (κ3) is 1.58. The summed E-state index contributed by atoms with van der Waals surface area (Å²) in [6, 6.07) is 1.79. The summed E-state index contributed by atoms with van der Waals surface area (Å²) >= 11 is 0. The van der Waals surface area contributed by atoms with Crippen molar-refractivity contribution in [2.45, 2.75) is 12.0 Å². The fourth-order valence-electron chi connectivity index (χ4n) is 1.57. The van der Waals surface area contributed by atoms with Gasteiger partial charge in [0, 0.05) is 24.8 Å². The van der Waals surface area contributed by atoms with E-state index in [1.54, 1.807) is 25.6 Å². The number of methoxy groups -OCH3 is 1. The fraction of sp³-hybridized carbons (Fsp3) is 0.500. The van der Waals surface area contributed by atoms with Crippen LogP contribution in [0, 0.1) is 0 Å². The molecule has 1 fully saturated rings. The Bertz CT molecular complexity index is 321. The minimum Gasteiger partial charge on any atom is -0.495 e. The summed E-state index contributed by atoms with van der Waals surface area (Å²) in [6.45, 7) is 0.926. The molecule has 0 amide bonds. The SMILES string of the molecule is COc1cncc(C2(O)CCOC2)c1. The molecule has 0 aromatic carbocycles. The van der Waals surface area contributed by atoms with Crippen molar-refractivity contribution in [2.75, 3.05) is 20.3 Å². The predicted octanol–water partition coefficient (Wildman–Crippen LogP) is 0.698. The number of pyridine rings is 1. The molecule has 1 saturated heterocycles. The number of hydrogen-bond acceptors (Lipinski definition) is 4. The zero-order chi connectivity index (χ0) is 10.0. The highest BCUT2D eigenvalue weighted by Gasteiger charge is 2.34. The van der Waals surface area contributed by atoms with Crippen LogP contribution in [0.25, 0.3) is 0 Å². The Hall–Kier alpha value is -1.13. The van der Waals surface area contributed by atoms with Crippen molar-refractivity contribution in [1.82, 2.24) is 4.98 Å². The normalized spacial score (nSPS) is 26.4. The van der Waals surface area contributed by atoms with Gasteiger partial charge in [-0.3, -0.25) is 4.98 Å². The topological polar surface area (TPSA) is 51.6 Å². The maximum atomic E-state index is 10.2. The van der Waals surface area contributed by atoms with Crippen LogP contribution >= 0.6 is 0 Å². The number of aromatic nitrogens is 1. The van der Waals surface area contributed by atoms with E-state index in [1.807, 2.05) is 0 Å². The van der Waals surface area contributed by atoms with Gasteiger partial charge in [-0.2, -0.15) is 0 Å². The molecule has 1 atom stereocenters. The first kappa shape index (κ1) is 9.43. The van der Waals surface area contributed by atoms with Gasteiger partial charge >= 0.3 is 0 Å². The third-order valence-electron chi connectivity index (χ3n) is 2.49. The Kier molecular flexibility index (Phi) is 2.39. The highest BCUT2D eigenvalue weighted by molar-refractivity contribution is 5.28. The van der Waals surface area contributed by atoms with Crippen molar-refractivity contribution < 1.29 is 14.6 Å². The minimum atomic E-state index is -0.887. The molecule has 1 aromatic rings. The lowest BCUT2D eigenvalue weighted by Gasteiger charge is -2.20. The first-order chi connectivity index (χ1) is 6.74. The molecule has 14 heavy (non-hydrogen) atoms. The molecule has 0 aliphatic carbocycles. The quantitative estimate of drug-likeness (QED) is 0.754. The van der Waals surface area contributed by atoms with Crippen LogP contribution < -0.4 is 4.74 Å². The predicted molar refractivity (Wildman–Crippen MR) is 50.1 cm³/mol. The molecule has 0 bridgehead atoms. The lowest BCUT2D eigenvalue weighted by atomic mass is 9.95. The van der Waals surface area contributed by atoms with E-state index in [1.165, 1.54) is 0 Å². The van der Waals surface area contributed by atoms with Crippen LogP contribution in [0.4, 0.5) is 0 Å². The van der Waals surface area contributed by atoms with Gasteiger partial charge in [0.1, 0.15) is 11.4 Å². The van der Waals surface area contributed by atoms with Gasteiger partial charge in [0.2, 0.25) is 0 Å². The van der Waals surface area contributed by atoms with Crippen molar-refractivity contribution in [1.29, 1.82) is 0 Å². The average molecular weight is 195 g/mol. The van der Waals surface area contributed by atoms with Crippen molar-refractivity contribution in [3.8, 4) is 5.75 Å². The van der Waals surface area contributed by atoms with E-state index >= 15 is 0 Å². The summed E-state index contributed by atoms with van der Waals surface area (Å²) in [5, 5.41) is 10.2. The van der Waals surface area contributed by atoms with Crippen LogP contribution in [0.5, 0.6) is 5.75 Å². The van der Waals surface area contributed by atoms with Crippen molar-refractivity contribution in [2.24, 2.45) is 0 Å². The number of hydrogen-bond donors (Lipinski definition) is 1. The Balaban J connectivity index is 2.30. The lowest BCUT2D eigenvalue weighted by Crippen LogP contribution is -2.25.